The highest BCUT2D eigenvalue weighted by Crippen LogP contribution is 2.37. The number of fused-ring (bicyclic) bond motifs is 1. The first-order valence-electron chi connectivity index (χ1n) is 5.02. The van der Waals surface area contributed by atoms with Gasteiger partial charge in [-0.15, -0.1) is 0 Å². The summed E-state index contributed by atoms with van der Waals surface area (Å²) in [5, 5.41) is 0.650. The van der Waals surface area contributed by atoms with Crippen LogP contribution in [-0.4, -0.2) is 18.6 Å². The first kappa shape index (κ1) is 11.2. The van der Waals surface area contributed by atoms with Crippen molar-refractivity contribution in [3.8, 4) is 11.5 Å². The summed E-state index contributed by atoms with van der Waals surface area (Å²) in [6, 6.07) is 5.43. The number of ether oxygens (including phenoxy) is 2. The minimum absolute atomic E-state index is 0.275. The fraction of sp³-hybridized carbons (Fsp3) is 0.167. The fourth-order valence-electron chi connectivity index (χ4n) is 1.79. The molecular weight excluding hydrogens is 220 g/mol. The molecule has 0 aliphatic heterocycles. The fourth-order valence-corrected chi connectivity index (χ4v) is 1.79. The zero-order valence-corrected chi connectivity index (χ0v) is 9.56. The number of methoxy groups -OCH3 is 1. The Hall–Kier alpha value is -2.30. The van der Waals surface area contributed by atoms with Gasteiger partial charge in [-0.1, -0.05) is 6.07 Å². The second kappa shape index (κ2) is 4.29. The van der Waals surface area contributed by atoms with Crippen LogP contribution in [-0.2, 0) is 4.79 Å². The van der Waals surface area contributed by atoms with Crippen molar-refractivity contribution in [3.05, 3.63) is 23.9 Å². The summed E-state index contributed by atoms with van der Waals surface area (Å²) in [6.45, 7) is 2.07. The lowest BCUT2D eigenvalue weighted by atomic mass is 10.1. The van der Waals surface area contributed by atoms with Crippen molar-refractivity contribution >= 4 is 23.1 Å². The first-order chi connectivity index (χ1) is 8.19. The predicted octanol–water partition coefficient (Wildman–Crippen LogP) is 1.67. The number of carbonyl (C=O) groups is 1. The standard InChI is InChI=1S/C12H12N2O3/c1-7-12(17-6-15)11(13)10-8(14-7)4-3-5-9(10)16-2/h3-6H,1-2H3,(H2,13,14). The van der Waals surface area contributed by atoms with E-state index in [9.17, 15) is 4.79 Å². The highest BCUT2D eigenvalue weighted by molar-refractivity contribution is 5.98. The minimum atomic E-state index is 0.275. The molecule has 2 N–H and O–H groups in total. The molecule has 2 aromatic rings. The lowest BCUT2D eigenvalue weighted by molar-refractivity contribution is -0.120. The van der Waals surface area contributed by atoms with Crippen LogP contribution in [0.25, 0.3) is 10.9 Å². The number of anilines is 1. The van der Waals surface area contributed by atoms with Crippen LogP contribution in [0.2, 0.25) is 0 Å². The summed E-state index contributed by atoms with van der Waals surface area (Å²) >= 11 is 0. The summed E-state index contributed by atoms with van der Waals surface area (Å²) in [6.07, 6.45) is 0. The van der Waals surface area contributed by atoms with Gasteiger partial charge in [-0.05, 0) is 19.1 Å². The van der Waals surface area contributed by atoms with Gasteiger partial charge in [-0.25, -0.2) is 4.98 Å². The molecule has 1 aromatic carbocycles. The first-order valence-corrected chi connectivity index (χ1v) is 5.02. The summed E-state index contributed by atoms with van der Waals surface area (Å²) in [4.78, 5) is 14.8. The Morgan fingerprint density at radius 1 is 1.41 bits per heavy atom. The second-order valence-electron chi connectivity index (χ2n) is 3.51. The van der Waals surface area contributed by atoms with Gasteiger partial charge in [-0.3, -0.25) is 4.79 Å². The van der Waals surface area contributed by atoms with Crippen LogP contribution >= 0.6 is 0 Å². The van der Waals surface area contributed by atoms with Gasteiger partial charge < -0.3 is 15.2 Å². The molecule has 0 aliphatic rings. The van der Waals surface area contributed by atoms with E-state index in [0.29, 0.717) is 34.5 Å². The Kier molecular flexibility index (Phi) is 2.82. The van der Waals surface area contributed by atoms with Gasteiger partial charge in [-0.2, -0.15) is 0 Å². The van der Waals surface area contributed by atoms with E-state index in [-0.39, 0.29) is 5.75 Å². The van der Waals surface area contributed by atoms with E-state index >= 15 is 0 Å². The summed E-state index contributed by atoms with van der Waals surface area (Å²) in [5.74, 6) is 0.875. The van der Waals surface area contributed by atoms with Crippen molar-refractivity contribution in [1.29, 1.82) is 0 Å². The third-order valence-corrected chi connectivity index (χ3v) is 2.52. The van der Waals surface area contributed by atoms with Crippen molar-refractivity contribution < 1.29 is 14.3 Å². The molecule has 0 aliphatic carbocycles. The molecule has 0 atom stereocenters. The third kappa shape index (κ3) is 1.75. The SMILES string of the molecule is COc1cccc2nc(C)c(OC=O)c(N)c12. The molecule has 17 heavy (non-hydrogen) atoms. The Bertz CT molecular complexity index is 581. The molecule has 1 aromatic heterocycles. The number of pyridine rings is 1. The van der Waals surface area contributed by atoms with E-state index in [1.165, 1.54) is 0 Å². The third-order valence-electron chi connectivity index (χ3n) is 2.52. The van der Waals surface area contributed by atoms with Gasteiger partial charge in [0.1, 0.15) is 5.75 Å². The average Bonchev–Trinajstić information content (AvgIpc) is 2.33. The lowest BCUT2D eigenvalue weighted by Crippen LogP contribution is -2.02. The largest absolute Gasteiger partial charge is 0.496 e. The number of nitrogen functional groups attached to an aromatic ring is 1. The highest BCUT2D eigenvalue weighted by atomic mass is 16.5. The quantitative estimate of drug-likeness (QED) is 0.815. The summed E-state index contributed by atoms with van der Waals surface area (Å²) in [5.41, 5.74) is 7.61. The Morgan fingerprint density at radius 3 is 2.82 bits per heavy atom. The maximum Gasteiger partial charge on any atom is 0.298 e. The number of nitrogens with two attached hydrogens (primary N) is 1. The molecule has 5 nitrogen and oxygen atoms in total. The number of hydrogen-bond donors (Lipinski definition) is 1. The van der Waals surface area contributed by atoms with Crippen molar-refractivity contribution in [2.75, 3.05) is 12.8 Å². The molecule has 0 unspecified atom stereocenters. The van der Waals surface area contributed by atoms with E-state index < -0.39 is 0 Å². The Balaban J connectivity index is 2.83. The number of hydrogen-bond acceptors (Lipinski definition) is 5. The number of aryl methyl sites for hydroxylation is 1. The van der Waals surface area contributed by atoms with Crippen LogP contribution in [0.3, 0.4) is 0 Å². The van der Waals surface area contributed by atoms with E-state index in [0.717, 1.165) is 0 Å². The van der Waals surface area contributed by atoms with E-state index in [1.807, 2.05) is 12.1 Å². The van der Waals surface area contributed by atoms with Crippen LogP contribution in [0.5, 0.6) is 11.5 Å². The van der Waals surface area contributed by atoms with E-state index in [4.69, 9.17) is 15.2 Å². The van der Waals surface area contributed by atoms with Crippen LogP contribution < -0.4 is 15.2 Å². The lowest BCUT2D eigenvalue weighted by Gasteiger charge is -2.12. The molecular formula is C12H12N2O3. The zero-order valence-electron chi connectivity index (χ0n) is 9.56. The number of rotatable bonds is 3. The number of benzene rings is 1. The van der Waals surface area contributed by atoms with Gasteiger partial charge in [0.2, 0.25) is 0 Å². The molecule has 0 bridgehead atoms. The molecule has 0 fully saturated rings. The van der Waals surface area contributed by atoms with Gasteiger partial charge in [0.05, 0.1) is 29.4 Å². The molecule has 0 radical (unpaired) electrons. The van der Waals surface area contributed by atoms with Gasteiger partial charge >= 0.3 is 0 Å². The number of carbonyl (C=O) groups excluding carboxylic acids is 1. The Morgan fingerprint density at radius 2 is 2.18 bits per heavy atom. The molecule has 0 amide bonds. The van der Waals surface area contributed by atoms with Crippen LogP contribution in [0.4, 0.5) is 5.69 Å². The highest BCUT2D eigenvalue weighted by Gasteiger charge is 2.14. The van der Waals surface area contributed by atoms with Crippen molar-refractivity contribution in [3.63, 3.8) is 0 Å². The van der Waals surface area contributed by atoms with Crippen LogP contribution in [0.1, 0.15) is 5.69 Å². The smallest absolute Gasteiger partial charge is 0.298 e. The normalized spacial score (nSPS) is 10.2. The molecule has 0 spiro atoms. The maximum atomic E-state index is 10.4. The molecule has 0 saturated heterocycles. The van der Waals surface area contributed by atoms with Crippen molar-refractivity contribution in [2.45, 2.75) is 6.92 Å². The van der Waals surface area contributed by atoms with Crippen LogP contribution in [0, 0.1) is 6.92 Å². The van der Waals surface area contributed by atoms with Gasteiger partial charge in [0, 0.05) is 0 Å². The predicted molar refractivity (Wildman–Crippen MR) is 64.1 cm³/mol. The minimum Gasteiger partial charge on any atom is -0.496 e. The van der Waals surface area contributed by atoms with Gasteiger partial charge in [0.15, 0.2) is 5.75 Å². The monoisotopic (exact) mass is 232 g/mol. The summed E-state index contributed by atoms with van der Waals surface area (Å²) < 4.78 is 10.1. The second-order valence-corrected chi connectivity index (χ2v) is 3.51. The Labute approximate surface area is 98.2 Å². The summed E-state index contributed by atoms with van der Waals surface area (Å²) in [7, 11) is 1.55. The van der Waals surface area contributed by atoms with Crippen molar-refractivity contribution in [1.82, 2.24) is 4.98 Å². The average molecular weight is 232 g/mol. The van der Waals surface area contributed by atoms with E-state index in [1.54, 1.807) is 20.1 Å². The van der Waals surface area contributed by atoms with Crippen LogP contribution in [0.15, 0.2) is 18.2 Å². The number of nitrogens with zero attached hydrogens (tertiary/aromatic N) is 1. The van der Waals surface area contributed by atoms with Crippen molar-refractivity contribution in [2.24, 2.45) is 0 Å². The van der Waals surface area contributed by atoms with E-state index in [2.05, 4.69) is 4.98 Å². The maximum absolute atomic E-state index is 10.4. The topological polar surface area (TPSA) is 74.4 Å². The molecule has 2 rings (SSSR count). The molecule has 5 heteroatoms. The molecule has 88 valence electrons. The zero-order chi connectivity index (χ0) is 12.4. The number of aromatic nitrogens is 1. The molecule has 1 heterocycles. The molecule has 0 saturated carbocycles. The van der Waals surface area contributed by atoms with Gasteiger partial charge in [0.25, 0.3) is 6.47 Å².